The molecule has 3 rings (SSSR count). The van der Waals surface area contributed by atoms with E-state index in [0.717, 1.165) is 10.0 Å². The maximum atomic E-state index is 13.1. The van der Waals surface area contributed by atoms with E-state index in [1.807, 2.05) is 0 Å². The van der Waals surface area contributed by atoms with E-state index in [9.17, 15) is 23.4 Å². The number of aryl methyl sites for hydroxylation is 1. The Balaban J connectivity index is 2.24. The van der Waals surface area contributed by atoms with Crippen LogP contribution in [0.1, 0.15) is 12.0 Å². The third-order valence-electron chi connectivity index (χ3n) is 4.01. The minimum Gasteiger partial charge on any atom is -0.504 e. The van der Waals surface area contributed by atoms with Gasteiger partial charge >= 0.3 is 5.97 Å². The van der Waals surface area contributed by atoms with Crippen LogP contribution in [0.5, 0.6) is 11.5 Å². The molecule has 0 aliphatic carbocycles. The lowest BCUT2D eigenvalue weighted by molar-refractivity contribution is -0.136. The summed E-state index contributed by atoms with van der Waals surface area (Å²) in [7, 11) is -4.12. The predicted octanol–water partition coefficient (Wildman–Crippen LogP) is 3.61. The van der Waals surface area contributed by atoms with Crippen LogP contribution >= 0.6 is 23.2 Å². The topological polar surface area (TPSA) is 117 Å². The van der Waals surface area contributed by atoms with Crippen molar-refractivity contribution < 1.29 is 28.5 Å². The number of benzene rings is 2. The van der Waals surface area contributed by atoms with Gasteiger partial charge in [0.25, 0.3) is 10.0 Å². The number of phenolic OH excluding ortho intramolecular Hbond substituents is 2. The van der Waals surface area contributed by atoms with Crippen molar-refractivity contribution in [1.29, 1.82) is 0 Å². The van der Waals surface area contributed by atoms with Crippen LogP contribution in [0.4, 0.5) is 0 Å². The van der Waals surface area contributed by atoms with Gasteiger partial charge in [0.05, 0.1) is 20.5 Å². The average molecular weight is 430 g/mol. The van der Waals surface area contributed by atoms with Gasteiger partial charge in [-0.05, 0) is 36.2 Å². The first-order valence-electron chi connectivity index (χ1n) is 7.59. The van der Waals surface area contributed by atoms with Crippen LogP contribution in [0.25, 0.3) is 10.9 Å². The van der Waals surface area contributed by atoms with Crippen LogP contribution in [-0.2, 0) is 21.2 Å². The summed E-state index contributed by atoms with van der Waals surface area (Å²) in [5.41, 5.74) is 0.489. The van der Waals surface area contributed by atoms with Gasteiger partial charge in [0.2, 0.25) is 0 Å². The summed E-state index contributed by atoms with van der Waals surface area (Å²) in [4.78, 5) is 10.7. The highest BCUT2D eigenvalue weighted by Gasteiger charge is 2.23. The number of aromatic nitrogens is 1. The fraction of sp³-hybridized carbons (Fsp3) is 0.118. The molecule has 1 aromatic heterocycles. The second kappa shape index (κ2) is 6.95. The SMILES string of the molecule is O=C(O)CCc1cn(S(=O)(=O)c2ccc(Cl)c(Cl)c2)c2cc(O)c(O)cc12. The third-order valence-corrected chi connectivity index (χ3v) is 6.41. The highest BCUT2D eigenvalue weighted by atomic mass is 35.5. The van der Waals surface area contributed by atoms with Crippen LogP contribution in [0.3, 0.4) is 0 Å². The first-order chi connectivity index (χ1) is 12.6. The normalized spacial score (nSPS) is 11.8. The molecule has 2 aromatic carbocycles. The van der Waals surface area contributed by atoms with Gasteiger partial charge in [-0.25, -0.2) is 12.4 Å². The molecule has 0 atom stereocenters. The summed E-state index contributed by atoms with van der Waals surface area (Å²) >= 11 is 11.8. The molecule has 0 unspecified atom stereocenters. The third kappa shape index (κ3) is 3.55. The Morgan fingerprint density at radius 3 is 2.33 bits per heavy atom. The number of halogens is 2. The van der Waals surface area contributed by atoms with Crippen LogP contribution in [0, 0.1) is 0 Å². The summed E-state index contributed by atoms with van der Waals surface area (Å²) in [6, 6.07) is 6.12. The van der Waals surface area contributed by atoms with Crippen molar-refractivity contribution in [3.63, 3.8) is 0 Å². The molecule has 27 heavy (non-hydrogen) atoms. The van der Waals surface area contributed by atoms with Crippen molar-refractivity contribution in [2.24, 2.45) is 0 Å². The largest absolute Gasteiger partial charge is 0.504 e. The molecule has 0 aliphatic heterocycles. The zero-order valence-corrected chi connectivity index (χ0v) is 15.9. The number of carboxylic acid groups (broad SMARTS) is 1. The van der Waals surface area contributed by atoms with Crippen LogP contribution in [-0.4, -0.2) is 33.7 Å². The number of carboxylic acids is 1. The van der Waals surface area contributed by atoms with E-state index >= 15 is 0 Å². The minimum atomic E-state index is -4.12. The Bertz CT molecular complexity index is 1170. The number of rotatable bonds is 5. The zero-order chi connectivity index (χ0) is 19.9. The highest BCUT2D eigenvalue weighted by molar-refractivity contribution is 7.90. The summed E-state index contributed by atoms with van der Waals surface area (Å²) in [6.45, 7) is 0. The highest BCUT2D eigenvalue weighted by Crippen LogP contribution is 2.36. The molecular weight excluding hydrogens is 417 g/mol. The van der Waals surface area contributed by atoms with Crippen LogP contribution < -0.4 is 0 Å². The first-order valence-corrected chi connectivity index (χ1v) is 9.79. The van der Waals surface area contributed by atoms with Gasteiger partial charge in [0, 0.05) is 24.1 Å². The van der Waals surface area contributed by atoms with E-state index in [0.29, 0.717) is 10.9 Å². The number of aromatic hydroxyl groups is 2. The molecule has 7 nitrogen and oxygen atoms in total. The Labute approximate surface area is 164 Å². The number of fused-ring (bicyclic) bond motifs is 1. The molecule has 3 aromatic rings. The van der Waals surface area contributed by atoms with Crippen molar-refractivity contribution in [2.75, 3.05) is 0 Å². The number of hydrogen-bond acceptors (Lipinski definition) is 5. The van der Waals surface area contributed by atoms with Crippen LogP contribution in [0.2, 0.25) is 10.0 Å². The van der Waals surface area contributed by atoms with E-state index in [2.05, 4.69) is 0 Å². The molecule has 0 aliphatic rings. The number of hydrogen-bond donors (Lipinski definition) is 3. The average Bonchev–Trinajstić information content (AvgIpc) is 2.94. The van der Waals surface area contributed by atoms with Crippen molar-refractivity contribution in [3.05, 3.63) is 52.1 Å². The maximum absolute atomic E-state index is 13.1. The smallest absolute Gasteiger partial charge is 0.303 e. The number of phenols is 2. The van der Waals surface area contributed by atoms with Crippen LogP contribution in [0.15, 0.2) is 41.4 Å². The molecular formula is C17H13Cl2NO6S. The van der Waals surface area contributed by atoms with E-state index in [-0.39, 0.29) is 33.3 Å². The van der Waals surface area contributed by atoms with Gasteiger partial charge in [0.15, 0.2) is 11.5 Å². The Morgan fingerprint density at radius 2 is 1.70 bits per heavy atom. The second-order valence-corrected chi connectivity index (χ2v) is 8.41. The molecule has 0 radical (unpaired) electrons. The number of carbonyl (C=O) groups is 1. The quantitative estimate of drug-likeness (QED) is 0.533. The maximum Gasteiger partial charge on any atom is 0.303 e. The van der Waals surface area contributed by atoms with E-state index in [1.165, 1.54) is 30.5 Å². The number of aliphatic carboxylic acids is 1. The standard InChI is InChI=1S/C17H13Cl2NO6S/c18-12-3-2-10(5-13(12)19)27(25,26)20-8-9(1-4-17(23)24)11-6-15(21)16(22)7-14(11)20/h2-3,5-8,21-22H,1,4H2,(H,23,24). The van der Waals surface area contributed by atoms with Gasteiger partial charge in [-0.15, -0.1) is 0 Å². The lowest BCUT2D eigenvalue weighted by Gasteiger charge is -2.09. The molecule has 0 saturated heterocycles. The molecule has 0 spiro atoms. The van der Waals surface area contributed by atoms with Gasteiger partial charge in [0.1, 0.15) is 0 Å². The van der Waals surface area contributed by atoms with E-state index < -0.39 is 27.5 Å². The zero-order valence-electron chi connectivity index (χ0n) is 13.6. The Morgan fingerprint density at radius 1 is 1.04 bits per heavy atom. The molecule has 0 bridgehead atoms. The minimum absolute atomic E-state index is 0.0416. The fourth-order valence-corrected chi connectivity index (χ4v) is 4.45. The molecule has 0 saturated carbocycles. The molecule has 1 heterocycles. The van der Waals surface area contributed by atoms with E-state index in [1.54, 1.807) is 0 Å². The molecule has 0 fully saturated rings. The van der Waals surface area contributed by atoms with Crippen molar-refractivity contribution >= 4 is 50.1 Å². The first kappa shape index (κ1) is 19.3. The lowest BCUT2D eigenvalue weighted by atomic mass is 10.1. The summed E-state index contributed by atoms with van der Waals surface area (Å²) in [5.74, 6) is -1.99. The van der Waals surface area contributed by atoms with Gasteiger partial charge in [-0.2, -0.15) is 0 Å². The monoisotopic (exact) mass is 429 g/mol. The molecule has 0 amide bonds. The summed E-state index contributed by atoms with van der Waals surface area (Å²) in [6.07, 6.45) is 1.08. The van der Waals surface area contributed by atoms with Gasteiger partial charge in [-0.3, -0.25) is 4.79 Å². The van der Waals surface area contributed by atoms with Gasteiger partial charge in [-0.1, -0.05) is 23.2 Å². The lowest BCUT2D eigenvalue weighted by Crippen LogP contribution is -2.12. The summed E-state index contributed by atoms with van der Waals surface area (Å²) < 4.78 is 27.0. The fourth-order valence-electron chi connectivity index (χ4n) is 2.68. The summed E-state index contributed by atoms with van der Waals surface area (Å²) in [5, 5.41) is 29.0. The molecule has 142 valence electrons. The Kier molecular flexibility index (Phi) is 4.98. The van der Waals surface area contributed by atoms with Crippen molar-refractivity contribution in [3.8, 4) is 11.5 Å². The number of nitrogens with zero attached hydrogens (tertiary/aromatic N) is 1. The Hall–Kier alpha value is -2.42. The van der Waals surface area contributed by atoms with Crippen molar-refractivity contribution in [1.82, 2.24) is 3.97 Å². The van der Waals surface area contributed by atoms with Crippen molar-refractivity contribution in [2.45, 2.75) is 17.7 Å². The molecule has 3 N–H and O–H groups in total. The molecule has 10 heteroatoms. The van der Waals surface area contributed by atoms with E-state index in [4.69, 9.17) is 28.3 Å². The second-order valence-electron chi connectivity index (χ2n) is 5.78. The predicted molar refractivity (Wildman–Crippen MR) is 100 cm³/mol. The van der Waals surface area contributed by atoms with Gasteiger partial charge < -0.3 is 15.3 Å².